The molecular formula is C22H28N6O2. The van der Waals surface area contributed by atoms with Gasteiger partial charge >= 0.3 is 0 Å². The number of carbonyl (C=O) groups is 1. The molecule has 0 aliphatic carbocycles. The molecule has 2 bridgehead atoms. The van der Waals surface area contributed by atoms with Crippen LogP contribution in [-0.2, 0) is 11.3 Å². The standard InChI is InChI=1S/C22H28N6O2/c1-26-4-2-15(3-5-26)22(30)27-10-14-6-17(12-27)19-7-16(8-21(29)28(19)11-14)18-9-20(23)25-13-24-18/h7-9,13-15,17H,2-6,10-12H2,1H3,(H2,23,24,25)/t14-,17+/m0/s1. The molecule has 0 spiro atoms. The van der Waals surface area contributed by atoms with Gasteiger partial charge in [0.05, 0.1) is 5.69 Å². The van der Waals surface area contributed by atoms with Crippen LogP contribution in [-0.4, -0.2) is 63.5 Å². The van der Waals surface area contributed by atoms with Crippen LogP contribution < -0.4 is 11.3 Å². The van der Waals surface area contributed by atoms with E-state index in [0.717, 1.165) is 50.2 Å². The van der Waals surface area contributed by atoms with E-state index in [0.29, 0.717) is 36.4 Å². The molecule has 5 rings (SSSR count). The lowest BCUT2D eigenvalue weighted by Gasteiger charge is -2.44. The van der Waals surface area contributed by atoms with Gasteiger partial charge in [-0.1, -0.05) is 0 Å². The van der Waals surface area contributed by atoms with Gasteiger partial charge in [0, 0.05) is 54.9 Å². The van der Waals surface area contributed by atoms with Crippen molar-refractivity contribution in [3.8, 4) is 11.3 Å². The number of aromatic nitrogens is 3. The van der Waals surface area contributed by atoms with Crippen molar-refractivity contribution in [2.24, 2.45) is 11.8 Å². The normalized spacial score (nSPS) is 24.5. The lowest BCUT2D eigenvalue weighted by atomic mass is 9.81. The summed E-state index contributed by atoms with van der Waals surface area (Å²) in [7, 11) is 2.11. The molecule has 8 heteroatoms. The number of hydrogen-bond donors (Lipinski definition) is 1. The zero-order valence-corrected chi connectivity index (χ0v) is 17.3. The first kappa shape index (κ1) is 19.2. The van der Waals surface area contributed by atoms with E-state index in [9.17, 15) is 9.59 Å². The van der Waals surface area contributed by atoms with Crippen molar-refractivity contribution in [2.75, 3.05) is 39.0 Å². The van der Waals surface area contributed by atoms with Crippen molar-refractivity contribution in [1.29, 1.82) is 0 Å². The molecule has 2 N–H and O–H groups in total. The second kappa shape index (κ2) is 7.50. The minimum atomic E-state index is -0.00974. The topological polar surface area (TPSA) is 97.4 Å². The molecule has 0 radical (unpaired) electrons. The summed E-state index contributed by atoms with van der Waals surface area (Å²) in [5.41, 5.74) is 8.21. The largest absolute Gasteiger partial charge is 0.384 e. The maximum Gasteiger partial charge on any atom is 0.251 e. The number of amides is 1. The Hall–Kier alpha value is -2.74. The maximum absolute atomic E-state index is 13.2. The monoisotopic (exact) mass is 408 g/mol. The first-order valence-electron chi connectivity index (χ1n) is 10.8. The molecule has 30 heavy (non-hydrogen) atoms. The van der Waals surface area contributed by atoms with E-state index < -0.39 is 0 Å². The molecule has 3 aliphatic rings. The molecule has 2 fully saturated rings. The Morgan fingerprint density at radius 1 is 1.10 bits per heavy atom. The van der Waals surface area contributed by atoms with Crippen LogP contribution in [0.5, 0.6) is 0 Å². The van der Waals surface area contributed by atoms with E-state index >= 15 is 0 Å². The van der Waals surface area contributed by atoms with Gasteiger partial charge in [0.2, 0.25) is 5.91 Å². The fraction of sp³-hybridized carbons (Fsp3) is 0.545. The number of pyridine rings is 1. The lowest BCUT2D eigenvalue weighted by Crippen LogP contribution is -2.51. The van der Waals surface area contributed by atoms with Crippen LogP contribution in [0.2, 0.25) is 0 Å². The molecule has 5 heterocycles. The van der Waals surface area contributed by atoms with Crippen LogP contribution in [0.15, 0.2) is 29.3 Å². The summed E-state index contributed by atoms with van der Waals surface area (Å²) in [5.74, 6) is 1.33. The predicted molar refractivity (Wildman–Crippen MR) is 114 cm³/mol. The molecule has 2 saturated heterocycles. The highest BCUT2D eigenvalue weighted by Crippen LogP contribution is 2.37. The summed E-state index contributed by atoms with van der Waals surface area (Å²) < 4.78 is 1.89. The highest BCUT2D eigenvalue weighted by atomic mass is 16.2. The summed E-state index contributed by atoms with van der Waals surface area (Å²) in [6.45, 7) is 4.10. The Labute approximate surface area is 175 Å². The van der Waals surface area contributed by atoms with E-state index in [2.05, 4.69) is 26.8 Å². The van der Waals surface area contributed by atoms with Gasteiger partial charge < -0.3 is 20.1 Å². The van der Waals surface area contributed by atoms with Gasteiger partial charge in [-0.15, -0.1) is 0 Å². The molecule has 0 saturated carbocycles. The van der Waals surface area contributed by atoms with Gasteiger partial charge in [0.25, 0.3) is 5.56 Å². The first-order chi connectivity index (χ1) is 14.5. The lowest BCUT2D eigenvalue weighted by molar-refractivity contribution is -0.139. The molecule has 2 aromatic heterocycles. The van der Waals surface area contributed by atoms with Gasteiger partial charge in [-0.3, -0.25) is 9.59 Å². The molecule has 1 amide bonds. The fourth-order valence-electron chi connectivity index (χ4n) is 5.33. The number of anilines is 1. The highest BCUT2D eigenvalue weighted by Gasteiger charge is 2.38. The quantitative estimate of drug-likeness (QED) is 0.801. The number of rotatable bonds is 2. The molecule has 2 aromatic rings. The minimum Gasteiger partial charge on any atom is -0.384 e. The zero-order valence-electron chi connectivity index (χ0n) is 17.3. The van der Waals surface area contributed by atoms with Crippen LogP contribution in [0, 0.1) is 11.8 Å². The Morgan fingerprint density at radius 3 is 2.67 bits per heavy atom. The van der Waals surface area contributed by atoms with Gasteiger partial charge in [-0.2, -0.15) is 0 Å². The molecular weight excluding hydrogens is 380 g/mol. The maximum atomic E-state index is 13.2. The van der Waals surface area contributed by atoms with Crippen molar-refractivity contribution in [3.63, 3.8) is 0 Å². The third kappa shape index (κ3) is 3.49. The smallest absolute Gasteiger partial charge is 0.251 e. The number of fused-ring (bicyclic) bond motifs is 4. The van der Waals surface area contributed by atoms with E-state index in [4.69, 9.17) is 5.73 Å². The Kier molecular flexibility index (Phi) is 4.81. The van der Waals surface area contributed by atoms with Crippen molar-refractivity contribution < 1.29 is 4.79 Å². The third-order valence-electron chi connectivity index (χ3n) is 6.92. The molecule has 8 nitrogen and oxygen atoms in total. The number of likely N-dealkylation sites (tertiary alicyclic amines) is 2. The van der Waals surface area contributed by atoms with Crippen LogP contribution in [0.3, 0.4) is 0 Å². The molecule has 2 atom stereocenters. The van der Waals surface area contributed by atoms with Crippen molar-refractivity contribution in [2.45, 2.75) is 31.7 Å². The summed E-state index contributed by atoms with van der Waals surface area (Å²) >= 11 is 0. The van der Waals surface area contributed by atoms with Crippen LogP contribution >= 0.6 is 0 Å². The fourth-order valence-corrected chi connectivity index (χ4v) is 5.33. The Morgan fingerprint density at radius 2 is 1.90 bits per heavy atom. The summed E-state index contributed by atoms with van der Waals surface area (Å²) in [6.07, 6.45) is 4.32. The average Bonchev–Trinajstić information content (AvgIpc) is 2.74. The number of nitrogens with zero attached hydrogens (tertiary/aromatic N) is 5. The van der Waals surface area contributed by atoms with E-state index in [1.54, 1.807) is 12.1 Å². The third-order valence-corrected chi connectivity index (χ3v) is 6.92. The van der Waals surface area contributed by atoms with E-state index in [1.807, 2.05) is 10.6 Å². The summed E-state index contributed by atoms with van der Waals surface area (Å²) in [5, 5.41) is 0. The highest BCUT2D eigenvalue weighted by molar-refractivity contribution is 5.79. The number of hydrogen-bond acceptors (Lipinski definition) is 6. The van der Waals surface area contributed by atoms with E-state index in [1.165, 1.54) is 6.33 Å². The number of nitrogen functional groups attached to an aromatic ring is 1. The van der Waals surface area contributed by atoms with Gasteiger partial charge in [0.1, 0.15) is 12.1 Å². The predicted octanol–water partition coefficient (Wildman–Crippen LogP) is 1.17. The number of piperidine rings is 2. The Bertz CT molecular complexity index is 1030. The van der Waals surface area contributed by atoms with Crippen molar-refractivity contribution in [3.05, 3.63) is 40.6 Å². The number of nitrogens with two attached hydrogens (primary N) is 1. The number of carbonyl (C=O) groups excluding carboxylic acids is 1. The van der Waals surface area contributed by atoms with Crippen molar-refractivity contribution in [1.82, 2.24) is 24.3 Å². The minimum absolute atomic E-state index is 0.00974. The van der Waals surface area contributed by atoms with E-state index in [-0.39, 0.29) is 17.4 Å². The van der Waals surface area contributed by atoms with Crippen LogP contribution in [0.4, 0.5) is 5.82 Å². The Balaban J connectivity index is 1.42. The summed E-state index contributed by atoms with van der Waals surface area (Å²) in [6, 6.07) is 5.37. The van der Waals surface area contributed by atoms with Gasteiger partial charge in [0.15, 0.2) is 0 Å². The summed E-state index contributed by atoms with van der Waals surface area (Å²) in [4.78, 5) is 38.7. The van der Waals surface area contributed by atoms with Gasteiger partial charge in [-0.05, 0) is 51.4 Å². The zero-order chi connectivity index (χ0) is 20.8. The molecule has 158 valence electrons. The second-order valence-electron chi connectivity index (χ2n) is 9.07. The molecule has 3 aliphatic heterocycles. The first-order valence-corrected chi connectivity index (χ1v) is 10.8. The SMILES string of the molecule is CN1CCC(C(=O)N2C[C@@H]3C[C@H](C2)c2cc(-c4cc(N)ncn4)cc(=O)n2C3)CC1. The average molecular weight is 409 g/mol. The van der Waals surface area contributed by atoms with Crippen molar-refractivity contribution >= 4 is 11.7 Å². The molecule has 0 aromatic carbocycles. The second-order valence-corrected chi connectivity index (χ2v) is 9.07. The van der Waals surface area contributed by atoms with Crippen LogP contribution in [0.1, 0.15) is 30.9 Å². The van der Waals surface area contributed by atoms with Crippen LogP contribution in [0.25, 0.3) is 11.3 Å². The van der Waals surface area contributed by atoms with Gasteiger partial charge in [-0.25, -0.2) is 9.97 Å². The molecule has 0 unspecified atom stereocenters.